The Morgan fingerprint density at radius 1 is 1.26 bits per heavy atom. The first-order chi connectivity index (χ1) is 8.98. The van der Waals surface area contributed by atoms with E-state index in [1.165, 1.54) is 18.2 Å². The van der Waals surface area contributed by atoms with Gasteiger partial charge >= 0.3 is 0 Å². The molecule has 0 amide bonds. The largest absolute Gasteiger partial charge is 0.374 e. The lowest BCUT2D eigenvalue weighted by atomic mass is 9.88. The van der Waals surface area contributed by atoms with Crippen molar-refractivity contribution in [3.63, 3.8) is 0 Å². The Morgan fingerprint density at radius 3 is 2.26 bits per heavy atom. The van der Waals surface area contributed by atoms with Crippen molar-refractivity contribution >= 4 is 0 Å². The van der Waals surface area contributed by atoms with Crippen LogP contribution in [0.1, 0.15) is 32.8 Å². The standard InChI is InChI=1S/C15H23F2NO/c1-5-15(3,19-6-2)14(18-4)10-11-12(16)8-7-9-13(11)17/h7-9,14,18H,5-6,10H2,1-4H3. The van der Waals surface area contributed by atoms with Crippen LogP contribution in [0.4, 0.5) is 8.78 Å². The molecule has 19 heavy (non-hydrogen) atoms. The normalized spacial score (nSPS) is 16.1. The molecule has 1 aromatic rings. The third-order valence-electron chi connectivity index (χ3n) is 3.73. The van der Waals surface area contributed by atoms with E-state index < -0.39 is 17.2 Å². The van der Waals surface area contributed by atoms with Crippen LogP contribution < -0.4 is 5.32 Å². The van der Waals surface area contributed by atoms with Gasteiger partial charge in [0.05, 0.1) is 5.60 Å². The molecule has 0 aliphatic carbocycles. The van der Waals surface area contributed by atoms with Crippen LogP contribution in [0.2, 0.25) is 0 Å². The van der Waals surface area contributed by atoms with Gasteiger partial charge in [-0.1, -0.05) is 13.0 Å². The van der Waals surface area contributed by atoms with Crippen LogP contribution in [0.15, 0.2) is 18.2 Å². The Kier molecular flexibility index (Phi) is 5.88. The Bertz CT molecular complexity index is 391. The molecule has 0 aromatic heterocycles. The molecule has 1 N–H and O–H groups in total. The minimum atomic E-state index is -0.504. The fraction of sp³-hybridized carbons (Fsp3) is 0.600. The first-order valence-electron chi connectivity index (χ1n) is 6.72. The Labute approximate surface area is 114 Å². The topological polar surface area (TPSA) is 21.3 Å². The van der Waals surface area contributed by atoms with Crippen molar-refractivity contribution < 1.29 is 13.5 Å². The maximum atomic E-state index is 13.7. The molecule has 0 saturated heterocycles. The maximum absolute atomic E-state index is 13.7. The smallest absolute Gasteiger partial charge is 0.129 e. The van der Waals surface area contributed by atoms with Crippen molar-refractivity contribution in [3.05, 3.63) is 35.4 Å². The van der Waals surface area contributed by atoms with E-state index in [9.17, 15) is 8.78 Å². The summed E-state index contributed by atoms with van der Waals surface area (Å²) >= 11 is 0. The van der Waals surface area contributed by atoms with E-state index in [1.54, 1.807) is 7.05 Å². The summed E-state index contributed by atoms with van der Waals surface area (Å²) in [5, 5.41) is 3.12. The lowest BCUT2D eigenvalue weighted by molar-refractivity contribution is -0.0536. The fourth-order valence-corrected chi connectivity index (χ4v) is 2.33. The van der Waals surface area contributed by atoms with E-state index >= 15 is 0 Å². The third-order valence-corrected chi connectivity index (χ3v) is 3.73. The summed E-state index contributed by atoms with van der Waals surface area (Å²) in [6.07, 6.45) is 1.03. The van der Waals surface area contributed by atoms with E-state index in [0.29, 0.717) is 6.61 Å². The average molecular weight is 271 g/mol. The van der Waals surface area contributed by atoms with E-state index in [1.807, 2.05) is 20.8 Å². The molecule has 4 heteroatoms. The van der Waals surface area contributed by atoms with Crippen LogP contribution in [-0.2, 0) is 11.2 Å². The number of nitrogens with one attached hydrogen (secondary N) is 1. The van der Waals surface area contributed by atoms with Crippen molar-refractivity contribution in [2.45, 2.75) is 45.3 Å². The van der Waals surface area contributed by atoms with Gasteiger partial charge in [-0.25, -0.2) is 8.78 Å². The quantitative estimate of drug-likeness (QED) is 0.821. The monoisotopic (exact) mass is 271 g/mol. The zero-order valence-corrected chi connectivity index (χ0v) is 12.1. The Morgan fingerprint density at radius 2 is 1.84 bits per heavy atom. The number of benzene rings is 1. The molecule has 0 radical (unpaired) electrons. The molecule has 108 valence electrons. The van der Waals surface area contributed by atoms with E-state index in [2.05, 4.69) is 5.32 Å². The lowest BCUT2D eigenvalue weighted by Crippen LogP contribution is -2.50. The predicted molar refractivity (Wildman–Crippen MR) is 73.2 cm³/mol. The molecule has 0 fully saturated rings. The minimum absolute atomic E-state index is 0.112. The molecule has 0 heterocycles. The van der Waals surface area contributed by atoms with Crippen LogP contribution in [0.5, 0.6) is 0 Å². The highest BCUT2D eigenvalue weighted by Crippen LogP contribution is 2.25. The molecule has 0 bridgehead atoms. The van der Waals surface area contributed by atoms with Crippen LogP contribution in [-0.4, -0.2) is 25.3 Å². The number of ether oxygens (including phenoxy) is 1. The van der Waals surface area contributed by atoms with Crippen LogP contribution in [0.3, 0.4) is 0 Å². The fourth-order valence-electron chi connectivity index (χ4n) is 2.33. The second-order valence-corrected chi connectivity index (χ2v) is 4.84. The number of hydrogen-bond donors (Lipinski definition) is 1. The lowest BCUT2D eigenvalue weighted by Gasteiger charge is -2.37. The molecule has 1 aromatic carbocycles. The van der Waals surface area contributed by atoms with Gasteiger partial charge in [-0.15, -0.1) is 0 Å². The van der Waals surface area contributed by atoms with Crippen molar-refractivity contribution in [2.24, 2.45) is 0 Å². The van der Waals surface area contributed by atoms with Gasteiger partial charge in [-0.3, -0.25) is 0 Å². The van der Waals surface area contributed by atoms with E-state index in [-0.39, 0.29) is 18.0 Å². The zero-order valence-electron chi connectivity index (χ0n) is 12.1. The Balaban J connectivity index is 2.99. The highest BCUT2D eigenvalue weighted by Gasteiger charge is 2.33. The summed E-state index contributed by atoms with van der Waals surface area (Å²) in [4.78, 5) is 0. The highest BCUT2D eigenvalue weighted by molar-refractivity contribution is 5.21. The van der Waals surface area contributed by atoms with Gasteiger partial charge in [0.1, 0.15) is 11.6 Å². The van der Waals surface area contributed by atoms with Crippen LogP contribution in [0, 0.1) is 11.6 Å². The van der Waals surface area contributed by atoms with Crippen molar-refractivity contribution in [1.82, 2.24) is 5.32 Å². The first-order valence-corrected chi connectivity index (χ1v) is 6.72. The van der Waals surface area contributed by atoms with Gasteiger partial charge in [0.2, 0.25) is 0 Å². The zero-order chi connectivity index (χ0) is 14.5. The molecular weight excluding hydrogens is 248 g/mol. The van der Waals surface area contributed by atoms with Gasteiger partial charge in [0.15, 0.2) is 0 Å². The molecule has 2 nitrogen and oxygen atoms in total. The molecule has 2 atom stereocenters. The number of halogens is 2. The van der Waals surface area contributed by atoms with Gasteiger partial charge in [0.25, 0.3) is 0 Å². The van der Waals surface area contributed by atoms with E-state index in [4.69, 9.17) is 4.74 Å². The van der Waals surface area contributed by atoms with Crippen LogP contribution in [0.25, 0.3) is 0 Å². The summed E-state index contributed by atoms with van der Waals surface area (Å²) in [5.41, 5.74) is -0.334. The molecule has 1 rings (SSSR count). The minimum Gasteiger partial charge on any atom is -0.374 e. The van der Waals surface area contributed by atoms with Crippen molar-refractivity contribution in [3.8, 4) is 0 Å². The summed E-state index contributed by atoms with van der Waals surface area (Å²) in [6.45, 7) is 6.47. The van der Waals surface area contributed by atoms with Gasteiger partial charge in [0, 0.05) is 18.2 Å². The molecule has 0 aliphatic rings. The number of hydrogen-bond acceptors (Lipinski definition) is 2. The van der Waals surface area contributed by atoms with Crippen LogP contribution >= 0.6 is 0 Å². The summed E-state index contributed by atoms with van der Waals surface area (Å²) < 4.78 is 33.2. The predicted octanol–water partition coefficient (Wildman–Crippen LogP) is 3.30. The van der Waals surface area contributed by atoms with Gasteiger partial charge in [-0.2, -0.15) is 0 Å². The summed E-state index contributed by atoms with van der Waals surface area (Å²) in [6, 6.07) is 3.80. The third kappa shape index (κ3) is 3.74. The van der Waals surface area contributed by atoms with Crippen molar-refractivity contribution in [1.29, 1.82) is 0 Å². The van der Waals surface area contributed by atoms with Gasteiger partial charge < -0.3 is 10.1 Å². The van der Waals surface area contributed by atoms with E-state index in [0.717, 1.165) is 6.42 Å². The first kappa shape index (κ1) is 16.1. The SMILES string of the molecule is CCOC(C)(CC)C(Cc1c(F)cccc1F)NC. The molecule has 0 aliphatic heterocycles. The Hall–Kier alpha value is -1.00. The molecule has 2 unspecified atom stereocenters. The molecular formula is C15H23F2NO. The maximum Gasteiger partial charge on any atom is 0.129 e. The van der Waals surface area contributed by atoms with Gasteiger partial charge in [-0.05, 0) is 45.9 Å². The average Bonchev–Trinajstić information content (AvgIpc) is 2.38. The summed E-state index contributed by atoms with van der Waals surface area (Å²) in [7, 11) is 1.79. The second kappa shape index (κ2) is 6.96. The summed E-state index contributed by atoms with van der Waals surface area (Å²) in [5.74, 6) is -1.01. The van der Waals surface area contributed by atoms with Crippen molar-refractivity contribution in [2.75, 3.05) is 13.7 Å². The molecule has 0 saturated carbocycles. The molecule has 0 spiro atoms. The number of rotatable bonds is 7. The highest BCUT2D eigenvalue weighted by atomic mass is 19.1. The second-order valence-electron chi connectivity index (χ2n) is 4.84. The number of likely N-dealkylation sites (N-methyl/N-ethyl adjacent to an activating group) is 1.